The van der Waals surface area contributed by atoms with Gasteiger partial charge in [0.1, 0.15) is 0 Å². The van der Waals surface area contributed by atoms with E-state index in [2.05, 4.69) is 10.3 Å². The molecule has 1 aromatic heterocycles. The van der Waals surface area contributed by atoms with E-state index in [1.807, 2.05) is 11.4 Å². The van der Waals surface area contributed by atoms with Crippen molar-refractivity contribution < 1.29 is 19.0 Å². The van der Waals surface area contributed by atoms with Crippen LogP contribution in [-0.4, -0.2) is 32.2 Å². The molecular formula is C20H18Cl2N2O4S. The van der Waals surface area contributed by atoms with E-state index in [4.69, 9.17) is 37.4 Å². The average molecular weight is 453 g/mol. The summed E-state index contributed by atoms with van der Waals surface area (Å²) in [5, 5.41) is 6.06. The molecule has 9 heteroatoms. The predicted octanol–water partition coefficient (Wildman–Crippen LogP) is 5.32. The first-order valence-corrected chi connectivity index (χ1v) is 10.1. The van der Waals surface area contributed by atoms with E-state index in [1.54, 1.807) is 24.3 Å². The fourth-order valence-electron chi connectivity index (χ4n) is 2.71. The van der Waals surface area contributed by atoms with Gasteiger partial charge in [-0.2, -0.15) is 0 Å². The molecule has 0 atom stereocenters. The Bertz CT molecular complexity index is 1010. The van der Waals surface area contributed by atoms with Crippen LogP contribution >= 0.6 is 34.5 Å². The third-order valence-electron chi connectivity index (χ3n) is 4.06. The smallest absolute Gasteiger partial charge is 0.230 e. The Hall–Kier alpha value is -2.48. The van der Waals surface area contributed by atoms with Crippen LogP contribution in [0.25, 0.3) is 11.3 Å². The number of hydrogen-bond donors (Lipinski definition) is 1. The van der Waals surface area contributed by atoms with Crippen molar-refractivity contribution in [3.05, 3.63) is 51.3 Å². The number of carbonyl (C=O) groups is 1. The van der Waals surface area contributed by atoms with Gasteiger partial charge in [0.05, 0.1) is 43.5 Å². The summed E-state index contributed by atoms with van der Waals surface area (Å²) < 4.78 is 15.9. The van der Waals surface area contributed by atoms with E-state index >= 15 is 0 Å². The number of nitrogens with zero attached hydrogens (tertiary/aromatic N) is 1. The third kappa shape index (κ3) is 4.93. The van der Waals surface area contributed by atoms with E-state index < -0.39 is 0 Å². The number of carbonyl (C=O) groups excluding carboxylic acids is 1. The Balaban J connectivity index is 1.73. The number of halogens is 2. The lowest BCUT2D eigenvalue weighted by molar-refractivity contribution is -0.115. The van der Waals surface area contributed by atoms with Gasteiger partial charge in [-0.3, -0.25) is 4.79 Å². The zero-order valence-electron chi connectivity index (χ0n) is 15.9. The number of anilines is 1. The molecule has 1 N–H and O–H groups in total. The number of hydrogen-bond acceptors (Lipinski definition) is 6. The highest BCUT2D eigenvalue weighted by Gasteiger charge is 2.16. The van der Waals surface area contributed by atoms with Crippen LogP contribution in [0.4, 0.5) is 5.13 Å². The van der Waals surface area contributed by atoms with Gasteiger partial charge in [0.2, 0.25) is 11.7 Å². The van der Waals surface area contributed by atoms with Crippen molar-refractivity contribution in [3.63, 3.8) is 0 Å². The predicted molar refractivity (Wildman–Crippen MR) is 116 cm³/mol. The molecule has 1 amide bonds. The molecule has 3 rings (SSSR count). The molecule has 1 heterocycles. The third-order valence-corrected chi connectivity index (χ3v) is 5.55. The van der Waals surface area contributed by atoms with Gasteiger partial charge in [-0.05, 0) is 29.8 Å². The zero-order valence-corrected chi connectivity index (χ0v) is 18.2. The number of amides is 1. The number of aromatic nitrogens is 1. The molecule has 152 valence electrons. The van der Waals surface area contributed by atoms with E-state index in [1.165, 1.54) is 32.7 Å². The van der Waals surface area contributed by atoms with Crippen LogP contribution in [-0.2, 0) is 11.2 Å². The van der Waals surface area contributed by atoms with Gasteiger partial charge in [0.15, 0.2) is 16.6 Å². The van der Waals surface area contributed by atoms with E-state index in [0.717, 1.165) is 11.1 Å². The summed E-state index contributed by atoms with van der Waals surface area (Å²) in [6.45, 7) is 0. The standard InChI is InChI=1S/C20H18Cl2N2O4S/c1-26-16-6-11(7-17(27-2)19(16)28-3)8-18(25)24-20-23-15(10-29-20)12-4-5-13(21)14(22)9-12/h4-7,9-10H,8H2,1-3H3,(H,23,24,25). The highest BCUT2D eigenvalue weighted by Crippen LogP contribution is 2.38. The Morgan fingerprint density at radius 2 is 1.72 bits per heavy atom. The van der Waals surface area contributed by atoms with Crippen molar-refractivity contribution in [2.75, 3.05) is 26.6 Å². The molecular weight excluding hydrogens is 435 g/mol. The number of rotatable bonds is 7. The maximum Gasteiger partial charge on any atom is 0.230 e. The van der Waals surface area contributed by atoms with E-state index in [-0.39, 0.29) is 12.3 Å². The number of thiazole rings is 1. The molecule has 0 spiro atoms. The Morgan fingerprint density at radius 3 is 2.31 bits per heavy atom. The second-order valence-electron chi connectivity index (χ2n) is 5.93. The first-order chi connectivity index (χ1) is 13.9. The van der Waals surface area contributed by atoms with Crippen molar-refractivity contribution in [3.8, 4) is 28.5 Å². The van der Waals surface area contributed by atoms with Crippen LogP contribution in [0.1, 0.15) is 5.56 Å². The minimum absolute atomic E-state index is 0.123. The van der Waals surface area contributed by atoms with Crippen molar-refractivity contribution in [2.24, 2.45) is 0 Å². The fraction of sp³-hybridized carbons (Fsp3) is 0.200. The number of ether oxygens (including phenoxy) is 3. The molecule has 2 aromatic carbocycles. The first-order valence-electron chi connectivity index (χ1n) is 8.44. The largest absolute Gasteiger partial charge is 0.493 e. The van der Waals surface area contributed by atoms with Gasteiger partial charge in [0.25, 0.3) is 0 Å². The molecule has 6 nitrogen and oxygen atoms in total. The van der Waals surface area contributed by atoms with Crippen LogP contribution in [0.15, 0.2) is 35.7 Å². The summed E-state index contributed by atoms with van der Waals surface area (Å²) in [6, 6.07) is 8.75. The molecule has 0 saturated carbocycles. The second-order valence-corrected chi connectivity index (χ2v) is 7.60. The van der Waals surface area contributed by atoms with Gasteiger partial charge in [0, 0.05) is 10.9 Å². The van der Waals surface area contributed by atoms with Crippen molar-refractivity contribution >= 4 is 45.6 Å². The van der Waals surface area contributed by atoms with Gasteiger partial charge in [-0.15, -0.1) is 11.3 Å². The summed E-state index contributed by atoms with van der Waals surface area (Å²) >= 11 is 13.3. The normalized spacial score (nSPS) is 10.5. The van der Waals surface area contributed by atoms with Crippen LogP contribution in [0.3, 0.4) is 0 Å². The van der Waals surface area contributed by atoms with Crippen LogP contribution < -0.4 is 19.5 Å². The Labute approximate surface area is 182 Å². The molecule has 0 aliphatic heterocycles. The highest BCUT2D eigenvalue weighted by atomic mass is 35.5. The minimum Gasteiger partial charge on any atom is -0.493 e. The van der Waals surface area contributed by atoms with Gasteiger partial charge >= 0.3 is 0 Å². The second kappa shape index (κ2) is 9.35. The highest BCUT2D eigenvalue weighted by molar-refractivity contribution is 7.14. The Morgan fingerprint density at radius 1 is 1.03 bits per heavy atom. The first kappa shape index (κ1) is 21.2. The average Bonchev–Trinajstić information content (AvgIpc) is 3.17. The Kier molecular flexibility index (Phi) is 6.84. The molecule has 0 aliphatic carbocycles. The summed E-state index contributed by atoms with van der Waals surface area (Å²) in [5.41, 5.74) is 2.25. The fourth-order valence-corrected chi connectivity index (χ4v) is 3.74. The molecule has 0 aliphatic rings. The lowest BCUT2D eigenvalue weighted by Crippen LogP contribution is -2.14. The monoisotopic (exact) mass is 452 g/mol. The van der Waals surface area contributed by atoms with Gasteiger partial charge in [-0.25, -0.2) is 4.98 Å². The maximum absolute atomic E-state index is 12.5. The summed E-state index contributed by atoms with van der Waals surface area (Å²) in [5.74, 6) is 1.25. The zero-order chi connectivity index (χ0) is 21.0. The van der Waals surface area contributed by atoms with E-state index in [9.17, 15) is 4.79 Å². The SMILES string of the molecule is COc1cc(CC(=O)Nc2nc(-c3ccc(Cl)c(Cl)c3)cs2)cc(OC)c1OC. The van der Waals surface area contributed by atoms with Gasteiger partial charge < -0.3 is 19.5 Å². The molecule has 3 aromatic rings. The molecule has 0 unspecified atom stereocenters. The van der Waals surface area contributed by atoms with Crippen molar-refractivity contribution in [1.29, 1.82) is 0 Å². The summed E-state index contributed by atoms with van der Waals surface area (Å²) in [6.07, 6.45) is 0.123. The quantitative estimate of drug-likeness (QED) is 0.524. The molecule has 29 heavy (non-hydrogen) atoms. The lowest BCUT2D eigenvalue weighted by Gasteiger charge is -2.13. The molecule has 0 fully saturated rings. The number of nitrogens with one attached hydrogen (secondary N) is 1. The van der Waals surface area contributed by atoms with Crippen LogP contribution in [0.5, 0.6) is 17.2 Å². The number of benzene rings is 2. The lowest BCUT2D eigenvalue weighted by atomic mass is 10.1. The van der Waals surface area contributed by atoms with Crippen molar-refractivity contribution in [2.45, 2.75) is 6.42 Å². The van der Waals surface area contributed by atoms with E-state index in [0.29, 0.717) is 38.1 Å². The number of methoxy groups -OCH3 is 3. The van der Waals surface area contributed by atoms with Crippen LogP contribution in [0.2, 0.25) is 10.0 Å². The molecule has 0 saturated heterocycles. The summed E-state index contributed by atoms with van der Waals surface area (Å²) in [7, 11) is 4.59. The summed E-state index contributed by atoms with van der Waals surface area (Å²) in [4.78, 5) is 16.9. The molecule has 0 radical (unpaired) electrons. The molecule has 0 bridgehead atoms. The van der Waals surface area contributed by atoms with Gasteiger partial charge in [-0.1, -0.05) is 29.3 Å². The van der Waals surface area contributed by atoms with Crippen molar-refractivity contribution in [1.82, 2.24) is 4.98 Å². The topological polar surface area (TPSA) is 69.7 Å². The van der Waals surface area contributed by atoms with Crippen LogP contribution in [0, 0.1) is 0 Å². The maximum atomic E-state index is 12.5. The minimum atomic E-state index is -0.214.